The van der Waals surface area contributed by atoms with Gasteiger partial charge in [-0.3, -0.25) is 0 Å². The number of carboxylic acid groups (broad SMARTS) is 1. The molecule has 0 aromatic heterocycles. The van der Waals surface area contributed by atoms with E-state index in [4.69, 9.17) is 16.0 Å². The maximum atomic E-state index is 10.7. The van der Waals surface area contributed by atoms with Crippen molar-refractivity contribution >= 4 is 19.9 Å². The number of primary amides is 1. The zero-order valence-corrected chi connectivity index (χ0v) is 9.18. The SMILES string of the molecule is NC(=O)NCCC[C@@H](C(=O)O)N(O)C#P=O. The van der Waals surface area contributed by atoms with Gasteiger partial charge in [0.15, 0.2) is 0 Å². The number of nitrogens with two attached hydrogens (primary N) is 1. The van der Waals surface area contributed by atoms with Gasteiger partial charge < -0.3 is 0 Å². The summed E-state index contributed by atoms with van der Waals surface area (Å²) in [6, 6.07) is -1.96. The van der Waals surface area contributed by atoms with Crippen molar-refractivity contribution < 1.29 is 24.5 Å². The van der Waals surface area contributed by atoms with Crippen LogP contribution in [0.4, 0.5) is 4.79 Å². The van der Waals surface area contributed by atoms with Gasteiger partial charge in [-0.1, -0.05) is 0 Å². The van der Waals surface area contributed by atoms with Crippen LogP contribution in [0.5, 0.6) is 0 Å². The molecule has 2 amide bonds. The number of carbonyl (C=O) groups excluding carboxylic acids is 1. The second-order valence-electron chi connectivity index (χ2n) is 2.82. The molecule has 0 spiro atoms. The summed E-state index contributed by atoms with van der Waals surface area (Å²) in [5.74, 6) is 0.609. The van der Waals surface area contributed by atoms with Crippen LogP contribution in [0.1, 0.15) is 12.8 Å². The van der Waals surface area contributed by atoms with Gasteiger partial charge in [-0.15, -0.1) is 0 Å². The number of nitrogens with zero attached hydrogens (tertiary/aromatic N) is 1. The topological polar surface area (TPSA) is 133 Å². The second kappa shape index (κ2) is 7.90. The summed E-state index contributed by atoms with van der Waals surface area (Å²) in [6.45, 7) is 0.196. The number of carboxylic acids is 1. The molecule has 5 N–H and O–H groups in total. The van der Waals surface area contributed by atoms with Gasteiger partial charge in [-0.2, -0.15) is 0 Å². The summed E-state index contributed by atoms with van der Waals surface area (Å²) >= 11 is 0. The molecule has 0 rings (SSSR count). The average molecular weight is 249 g/mol. The predicted molar refractivity (Wildman–Crippen MR) is 53.4 cm³/mol. The third-order valence-corrected chi connectivity index (χ3v) is 1.96. The third kappa shape index (κ3) is 6.21. The van der Waals surface area contributed by atoms with Crippen molar-refractivity contribution in [1.82, 2.24) is 10.4 Å². The first kappa shape index (κ1) is 14.7. The molecule has 0 fully saturated rings. The van der Waals surface area contributed by atoms with Gasteiger partial charge in [0.25, 0.3) is 0 Å². The Morgan fingerprint density at radius 3 is 2.62 bits per heavy atom. The van der Waals surface area contributed by atoms with Crippen molar-refractivity contribution in [2.75, 3.05) is 6.54 Å². The third-order valence-electron chi connectivity index (χ3n) is 1.68. The number of carbonyl (C=O) groups is 2. The van der Waals surface area contributed by atoms with Crippen LogP contribution in [-0.4, -0.2) is 40.0 Å². The van der Waals surface area contributed by atoms with E-state index in [0.717, 1.165) is 0 Å². The molecule has 90 valence electrons. The van der Waals surface area contributed by atoms with Gasteiger partial charge in [-0.05, 0) is 0 Å². The van der Waals surface area contributed by atoms with Gasteiger partial charge in [0.1, 0.15) is 0 Å². The molecule has 0 bridgehead atoms. The molecule has 0 aliphatic rings. The van der Waals surface area contributed by atoms with Crippen LogP contribution in [0.2, 0.25) is 0 Å². The molecule has 0 aromatic carbocycles. The summed E-state index contributed by atoms with van der Waals surface area (Å²) in [6.07, 6.45) is 0.350. The van der Waals surface area contributed by atoms with Crippen molar-refractivity contribution in [1.29, 1.82) is 0 Å². The molecular formula is C7H12N3O5P. The summed E-state index contributed by atoms with van der Waals surface area (Å²) in [4.78, 5) is 21.0. The maximum absolute atomic E-state index is 10.7. The van der Waals surface area contributed by atoms with Crippen LogP contribution >= 0.6 is 7.92 Å². The second-order valence-corrected chi connectivity index (χ2v) is 3.21. The Morgan fingerprint density at radius 1 is 1.56 bits per heavy atom. The molecule has 1 atom stereocenters. The van der Waals surface area contributed by atoms with Gasteiger partial charge in [0.05, 0.1) is 0 Å². The van der Waals surface area contributed by atoms with E-state index in [9.17, 15) is 14.2 Å². The Hall–Kier alpha value is -1.33. The standard InChI is InChI=1S/C7H12N3O5P/c8-7(13)9-3-1-2-5(6(11)12)10(14)4-16-15/h5,14H,1-3H2,(H,11,12)(H3,8,9,13)/t5-/m0/s1. The number of urea groups is 1. The monoisotopic (exact) mass is 249 g/mol. The average Bonchev–Trinajstić information content (AvgIpc) is 2.16. The molecule has 8 nitrogen and oxygen atoms in total. The number of hydroxylamine groups is 2. The first-order chi connectivity index (χ1) is 7.49. The van der Waals surface area contributed by atoms with Crippen molar-refractivity contribution in [3.63, 3.8) is 0 Å². The Bertz CT molecular complexity index is 354. The van der Waals surface area contributed by atoms with Crippen molar-refractivity contribution in [3.8, 4) is 5.75 Å². The van der Waals surface area contributed by atoms with Gasteiger partial charge in [-0.25, -0.2) is 0 Å². The quantitative estimate of drug-likeness (QED) is 0.223. The Balaban J connectivity index is 4.13. The number of nitrogens with one attached hydrogen (secondary N) is 1. The summed E-state index contributed by atoms with van der Waals surface area (Å²) in [5, 5.41) is 20.3. The van der Waals surface area contributed by atoms with E-state index in [1.165, 1.54) is 0 Å². The Morgan fingerprint density at radius 2 is 2.19 bits per heavy atom. The molecule has 0 aliphatic carbocycles. The zero-order chi connectivity index (χ0) is 12.6. The number of amides is 2. The first-order valence-electron chi connectivity index (χ1n) is 4.31. The van der Waals surface area contributed by atoms with Crippen molar-refractivity contribution in [2.24, 2.45) is 5.73 Å². The van der Waals surface area contributed by atoms with Crippen LogP contribution in [0.25, 0.3) is 0 Å². The molecule has 0 heterocycles. The summed E-state index contributed by atoms with van der Waals surface area (Å²) in [7, 11) is -0.615. The molecule has 9 heteroatoms. The van der Waals surface area contributed by atoms with Gasteiger partial charge in [0, 0.05) is 0 Å². The minimum absolute atomic E-state index is 0.0502. The van der Waals surface area contributed by atoms with Crippen LogP contribution < -0.4 is 11.1 Å². The number of aliphatic carboxylic acids is 1. The van der Waals surface area contributed by atoms with Crippen molar-refractivity contribution in [3.05, 3.63) is 0 Å². The molecule has 0 radical (unpaired) electrons. The fourth-order valence-corrected chi connectivity index (χ4v) is 1.19. The van der Waals surface area contributed by atoms with E-state index in [1.807, 2.05) is 5.75 Å². The van der Waals surface area contributed by atoms with Gasteiger partial charge in [0.2, 0.25) is 0 Å². The fourth-order valence-electron chi connectivity index (χ4n) is 0.969. The summed E-state index contributed by atoms with van der Waals surface area (Å²) in [5.41, 5.74) is 4.80. The molecule has 0 aromatic rings. The van der Waals surface area contributed by atoms with Crippen LogP contribution in [-0.2, 0) is 9.36 Å². The first-order valence-corrected chi connectivity index (χ1v) is 5.12. The minimum atomic E-state index is -1.28. The van der Waals surface area contributed by atoms with Crippen LogP contribution in [0, 0.1) is 5.75 Å². The summed E-state index contributed by atoms with van der Waals surface area (Å²) < 4.78 is 10.1. The van der Waals surface area contributed by atoms with E-state index in [1.54, 1.807) is 0 Å². The molecule has 0 saturated heterocycles. The normalized spacial score (nSPS) is 11.6. The number of hydrogen-bond donors (Lipinski definition) is 4. The molecule has 0 aliphatic heterocycles. The fraction of sp³-hybridized carbons (Fsp3) is 0.571. The Labute approximate surface area is 92.5 Å². The number of rotatable bonds is 6. The molecule has 16 heavy (non-hydrogen) atoms. The zero-order valence-electron chi connectivity index (χ0n) is 8.29. The van der Waals surface area contributed by atoms with Gasteiger partial charge >= 0.3 is 91.7 Å². The van der Waals surface area contributed by atoms with Crippen molar-refractivity contribution in [2.45, 2.75) is 18.9 Å². The van der Waals surface area contributed by atoms with E-state index in [0.29, 0.717) is 6.42 Å². The van der Waals surface area contributed by atoms with E-state index < -0.39 is 26.0 Å². The molecule has 0 saturated carbocycles. The van der Waals surface area contributed by atoms with Crippen LogP contribution in [0.3, 0.4) is 0 Å². The van der Waals surface area contributed by atoms with E-state index in [2.05, 4.69) is 5.32 Å². The predicted octanol–water partition coefficient (Wildman–Crippen LogP) is -0.212. The van der Waals surface area contributed by atoms with E-state index >= 15 is 0 Å². The molecule has 0 unspecified atom stereocenters. The number of hydrogen-bond acceptors (Lipinski definition) is 5. The Kier molecular flexibility index (Phi) is 7.24. The van der Waals surface area contributed by atoms with Crippen LogP contribution in [0.15, 0.2) is 0 Å². The van der Waals surface area contributed by atoms with E-state index in [-0.39, 0.29) is 18.0 Å². The molecular weight excluding hydrogens is 237 g/mol.